The van der Waals surface area contributed by atoms with Gasteiger partial charge in [-0.15, -0.1) is 0 Å². The Morgan fingerprint density at radius 1 is 1.54 bits per heavy atom. The first-order chi connectivity index (χ1) is 6.10. The van der Waals surface area contributed by atoms with Gasteiger partial charge < -0.3 is 14.8 Å². The minimum Gasteiger partial charge on any atom is -0.550 e. The van der Waals surface area contributed by atoms with Crippen molar-refractivity contribution in [2.75, 3.05) is 19.6 Å². The van der Waals surface area contributed by atoms with E-state index in [1.165, 1.54) is 32.5 Å². The molecule has 1 fully saturated rings. The van der Waals surface area contributed by atoms with Crippen LogP contribution < -0.4 is 10.0 Å². The van der Waals surface area contributed by atoms with Crippen LogP contribution in [0.4, 0.5) is 0 Å². The van der Waals surface area contributed by atoms with Crippen molar-refractivity contribution in [3.63, 3.8) is 0 Å². The molecule has 0 radical (unpaired) electrons. The van der Waals surface area contributed by atoms with E-state index in [2.05, 4.69) is 13.8 Å². The zero-order valence-electron chi connectivity index (χ0n) is 8.93. The van der Waals surface area contributed by atoms with E-state index in [-0.39, 0.29) is 0 Å². The van der Waals surface area contributed by atoms with Crippen LogP contribution in [0.3, 0.4) is 0 Å². The Bertz CT molecular complexity index is 134. The average molecular weight is 187 g/mol. The molecule has 1 aliphatic rings. The topological polar surface area (TPSA) is 44.6 Å². The van der Waals surface area contributed by atoms with E-state index in [1.807, 2.05) is 4.90 Å². The van der Waals surface area contributed by atoms with Gasteiger partial charge in [-0.25, -0.2) is 0 Å². The summed E-state index contributed by atoms with van der Waals surface area (Å²) >= 11 is 0. The minimum atomic E-state index is -1.08. The summed E-state index contributed by atoms with van der Waals surface area (Å²) in [6.45, 7) is 9.76. The van der Waals surface area contributed by atoms with Crippen molar-refractivity contribution in [1.29, 1.82) is 0 Å². The highest BCUT2D eigenvalue weighted by Crippen LogP contribution is 2.07. The average Bonchev–Trinajstić information content (AvgIpc) is 2.50. The first-order valence-corrected chi connectivity index (χ1v) is 5.11. The fraction of sp³-hybridized carbons (Fsp3) is 0.900. The SMILES string of the molecule is CC(=O)[O-].CCC1CC[NH+](CC)C1. The summed E-state index contributed by atoms with van der Waals surface area (Å²) in [6, 6.07) is 0. The van der Waals surface area contributed by atoms with Gasteiger partial charge in [0.25, 0.3) is 0 Å². The molecule has 1 saturated heterocycles. The molecule has 0 bridgehead atoms. The molecule has 0 amide bonds. The summed E-state index contributed by atoms with van der Waals surface area (Å²) in [6.07, 6.45) is 2.86. The van der Waals surface area contributed by atoms with Gasteiger partial charge in [-0.2, -0.15) is 0 Å². The molecule has 0 saturated carbocycles. The quantitative estimate of drug-likeness (QED) is 0.607. The lowest BCUT2D eigenvalue weighted by atomic mass is 10.1. The van der Waals surface area contributed by atoms with Gasteiger partial charge in [-0.3, -0.25) is 0 Å². The van der Waals surface area contributed by atoms with Crippen LogP contribution in [-0.2, 0) is 4.79 Å². The molecule has 0 aromatic carbocycles. The van der Waals surface area contributed by atoms with Crippen LogP contribution in [0.1, 0.15) is 33.6 Å². The van der Waals surface area contributed by atoms with Crippen LogP contribution in [0.5, 0.6) is 0 Å². The van der Waals surface area contributed by atoms with Gasteiger partial charge in [0, 0.05) is 18.3 Å². The second-order valence-electron chi connectivity index (χ2n) is 3.61. The highest BCUT2D eigenvalue weighted by molar-refractivity contribution is 5.60. The van der Waals surface area contributed by atoms with Crippen molar-refractivity contribution < 1.29 is 14.8 Å². The maximum absolute atomic E-state index is 8.89. The van der Waals surface area contributed by atoms with Gasteiger partial charge in [-0.1, -0.05) is 6.92 Å². The summed E-state index contributed by atoms with van der Waals surface area (Å²) in [4.78, 5) is 10.7. The van der Waals surface area contributed by atoms with Crippen LogP contribution in [0.2, 0.25) is 0 Å². The fourth-order valence-electron chi connectivity index (χ4n) is 1.69. The van der Waals surface area contributed by atoms with E-state index >= 15 is 0 Å². The third kappa shape index (κ3) is 6.58. The summed E-state index contributed by atoms with van der Waals surface area (Å²) in [5, 5.41) is 8.89. The van der Waals surface area contributed by atoms with Crippen LogP contribution >= 0.6 is 0 Å². The number of hydrogen-bond acceptors (Lipinski definition) is 2. The van der Waals surface area contributed by atoms with Gasteiger partial charge in [0.1, 0.15) is 0 Å². The number of hydrogen-bond donors (Lipinski definition) is 1. The second-order valence-corrected chi connectivity index (χ2v) is 3.61. The lowest BCUT2D eigenvalue weighted by Gasteiger charge is -2.08. The maximum Gasteiger partial charge on any atom is 0.0801 e. The molecule has 0 aromatic heterocycles. The Balaban J connectivity index is 0.000000310. The lowest BCUT2D eigenvalue weighted by Crippen LogP contribution is -3.09. The number of carbonyl (C=O) groups is 1. The molecule has 2 unspecified atom stereocenters. The van der Waals surface area contributed by atoms with Gasteiger partial charge in [0.05, 0.1) is 19.6 Å². The number of carbonyl (C=O) groups excluding carboxylic acids is 1. The van der Waals surface area contributed by atoms with Gasteiger partial charge in [-0.05, 0) is 20.3 Å². The molecule has 1 rings (SSSR count). The van der Waals surface area contributed by atoms with Crippen molar-refractivity contribution in [3.8, 4) is 0 Å². The molecule has 0 aromatic rings. The van der Waals surface area contributed by atoms with E-state index in [0.29, 0.717) is 0 Å². The molecule has 0 spiro atoms. The second kappa shape index (κ2) is 6.89. The molecule has 0 aliphatic carbocycles. The number of nitrogens with one attached hydrogen (secondary N) is 1. The van der Waals surface area contributed by atoms with Crippen molar-refractivity contribution in [2.45, 2.75) is 33.6 Å². The summed E-state index contributed by atoms with van der Waals surface area (Å²) in [5.74, 6) is -0.0417. The van der Waals surface area contributed by atoms with Crippen LogP contribution in [-0.4, -0.2) is 25.6 Å². The standard InChI is InChI=1S/C8H17N.C2H4O2/c1-3-8-5-6-9(4-2)7-8;1-2(3)4/h8H,3-7H2,1-2H3;1H3,(H,3,4). The first-order valence-electron chi connectivity index (χ1n) is 5.11. The monoisotopic (exact) mass is 187 g/mol. The van der Waals surface area contributed by atoms with Crippen molar-refractivity contribution >= 4 is 5.97 Å². The molecule has 1 N–H and O–H groups in total. The zero-order valence-corrected chi connectivity index (χ0v) is 8.93. The van der Waals surface area contributed by atoms with Gasteiger partial charge >= 0.3 is 0 Å². The summed E-state index contributed by atoms with van der Waals surface area (Å²) in [7, 11) is 0. The van der Waals surface area contributed by atoms with E-state index in [9.17, 15) is 0 Å². The zero-order chi connectivity index (χ0) is 10.3. The lowest BCUT2D eigenvalue weighted by molar-refractivity contribution is -0.887. The number of aliphatic carboxylic acids is 1. The van der Waals surface area contributed by atoms with E-state index < -0.39 is 5.97 Å². The number of quaternary nitrogens is 1. The predicted octanol–water partition coefficient (Wildman–Crippen LogP) is -0.923. The molecule has 3 heteroatoms. The number of carboxylic acid groups (broad SMARTS) is 1. The fourth-order valence-corrected chi connectivity index (χ4v) is 1.69. The Hall–Kier alpha value is -0.570. The highest BCUT2D eigenvalue weighted by Gasteiger charge is 2.22. The number of rotatable bonds is 2. The number of carboxylic acids is 1. The first kappa shape index (κ1) is 12.4. The molecule has 1 aliphatic heterocycles. The Labute approximate surface area is 80.7 Å². The Morgan fingerprint density at radius 3 is 2.31 bits per heavy atom. The van der Waals surface area contributed by atoms with Gasteiger partial charge in [0.15, 0.2) is 0 Å². The molecule has 3 nitrogen and oxygen atoms in total. The third-order valence-electron chi connectivity index (χ3n) is 2.56. The largest absolute Gasteiger partial charge is 0.550 e. The van der Waals surface area contributed by atoms with Crippen LogP contribution in [0.25, 0.3) is 0 Å². The predicted molar refractivity (Wildman–Crippen MR) is 50.3 cm³/mol. The van der Waals surface area contributed by atoms with E-state index in [4.69, 9.17) is 9.90 Å². The Morgan fingerprint density at radius 2 is 2.08 bits per heavy atom. The van der Waals surface area contributed by atoms with Crippen molar-refractivity contribution in [3.05, 3.63) is 0 Å². The van der Waals surface area contributed by atoms with Crippen molar-refractivity contribution in [2.24, 2.45) is 5.92 Å². The summed E-state index contributed by atoms with van der Waals surface area (Å²) < 4.78 is 0. The van der Waals surface area contributed by atoms with Crippen molar-refractivity contribution in [1.82, 2.24) is 0 Å². The Kier molecular flexibility index (Phi) is 6.59. The molecule has 1 heterocycles. The molecule has 78 valence electrons. The number of likely N-dealkylation sites (tertiary alicyclic amines) is 1. The summed E-state index contributed by atoms with van der Waals surface area (Å²) in [5.41, 5.74) is 0. The minimum absolute atomic E-state index is 0.972. The molecular formula is C10H21NO2. The molecule has 13 heavy (non-hydrogen) atoms. The van der Waals surface area contributed by atoms with Crippen LogP contribution in [0, 0.1) is 5.92 Å². The van der Waals surface area contributed by atoms with Crippen LogP contribution in [0.15, 0.2) is 0 Å². The smallest absolute Gasteiger partial charge is 0.0801 e. The highest BCUT2D eigenvalue weighted by atomic mass is 16.4. The third-order valence-corrected chi connectivity index (χ3v) is 2.56. The molecule has 2 atom stereocenters. The van der Waals surface area contributed by atoms with E-state index in [0.717, 1.165) is 12.8 Å². The normalized spacial score (nSPS) is 26.4. The van der Waals surface area contributed by atoms with E-state index in [1.54, 1.807) is 0 Å². The van der Waals surface area contributed by atoms with Gasteiger partial charge in [0.2, 0.25) is 0 Å². The molecular weight excluding hydrogens is 166 g/mol. The maximum atomic E-state index is 8.89.